The smallest absolute Gasteiger partial charge is 0.275 e. The first-order valence-corrected chi connectivity index (χ1v) is 13.6. The molecule has 2 aromatic carbocycles. The standard InChI is InChI=1S/C26H28N4O4S2/c1-34-22-8-5-18(24(27)32)14-20(22)28-25(33)21-15-36-26(29-21)17-9-11-30(12-10-17)23(31)13-16-3-6-19(35-2)7-4-16/h3-8,14-15,17H,9-13H2,1-2H3,(H2,27,32)(H,28,33). The number of methoxy groups -OCH3 is 1. The van der Waals surface area contributed by atoms with Crippen molar-refractivity contribution in [3.05, 3.63) is 69.7 Å². The minimum atomic E-state index is -0.595. The van der Waals surface area contributed by atoms with Gasteiger partial charge in [-0.2, -0.15) is 0 Å². The molecular formula is C26H28N4O4S2. The van der Waals surface area contributed by atoms with Gasteiger partial charge in [-0.3, -0.25) is 14.4 Å². The molecule has 8 nitrogen and oxygen atoms in total. The molecular weight excluding hydrogens is 496 g/mol. The molecule has 3 N–H and O–H groups in total. The normalized spacial score (nSPS) is 13.9. The largest absolute Gasteiger partial charge is 0.495 e. The molecule has 0 atom stereocenters. The van der Waals surface area contributed by atoms with Crippen molar-refractivity contribution in [2.24, 2.45) is 5.73 Å². The number of carbonyl (C=O) groups excluding carboxylic acids is 3. The summed E-state index contributed by atoms with van der Waals surface area (Å²) in [7, 11) is 1.48. The summed E-state index contributed by atoms with van der Waals surface area (Å²) in [6.45, 7) is 1.34. The van der Waals surface area contributed by atoms with Crippen LogP contribution in [0.2, 0.25) is 0 Å². The molecule has 188 valence electrons. The highest BCUT2D eigenvalue weighted by molar-refractivity contribution is 7.98. The van der Waals surface area contributed by atoms with Gasteiger partial charge in [-0.15, -0.1) is 23.1 Å². The maximum Gasteiger partial charge on any atom is 0.275 e. The molecule has 0 spiro atoms. The van der Waals surface area contributed by atoms with Crippen molar-refractivity contribution in [1.82, 2.24) is 9.88 Å². The van der Waals surface area contributed by atoms with E-state index in [1.807, 2.05) is 35.4 Å². The van der Waals surface area contributed by atoms with Gasteiger partial charge in [0, 0.05) is 34.8 Å². The third kappa shape index (κ3) is 6.06. The van der Waals surface area contributed by atoms with E-state index in [0.29, 0.717) is 36.6 Å². The molecule has 1 aromatic heterocycles. The minimum Gasteiger partial charge on any atom is -0.495 e. The first kappa shape index (κ1) is 25.7. The fourth-order valence-electron chi connectivity index (χ4n) is 4.13. The number of piperidine rings is 1. The van der Waals surface area contributed by atoms with Gasteiger partial charge < -0.3 is 20.7 Å². The number of ether oxygens (including phenoxy) is 1. The molecule has 36 heavy (non-hydrogen) atoms. The fraction of sp³-hybridized carbons (Fsp3) is 0.308. The van der Waals surface area contributed by atoms with E-state index in [0.717, 1.165) is 23.4 Å². The molecule has 3 aromatic rings. The minimum absolute atomic E-state index is 0.136. The number of rotatable bonds is 8. The number of nitrogens with zero attached hydrogens (tertiary/aromatic N) is 2. The molecule has 2 heterocycles. The Morgan fingerprint density at radius 3 is 2.53 bits per heavy atom. The van der Waals surface area contributed by atoms with Gasteiger partial charge in [0.1, 0.15) is 11.4 Å². The third-order valence-corrected chi connectivity index (χ3v) is 7.95. The molecule has 0 bridgehead atoms. The van der Waals surface area contributed by atoms with Crippen molar-refractivity contribution >= 4 is 46.5 Å². The van der Waals surface area contributed by atoms with Crippen molar-refractivity contribution < 1.29 is 19.1 Å². The van der Waals surface area contributed by atoms with E-state index in [9.17, 15) is 14.4 Å². The highest BCUT2D eigenvalue weighted by atomic mass is 32.2. The lowest BCUT2D eigenvalue weighted by Crippen LogP contribution is -2.38. The van der Waals surface area contributed by atoms with Crippen LogP contribution in [0, 0.1) is 0 Å². The summed E-state index contributed by atoms with van der Waals surface area (Å²) in [5, 5.41) is 5.37. The first-order chi connectivity index (χ1) is 17.4. The van der Waals surface area contributed by atoms with Crippen molar-refractivity contribution in [1.29, 1.82) is 0 Å². The zero-order valence-electron chi connectivity index (χ0n) is 20.2. The predicted molar refractivity (Wildman–Crippen MR) is 142 cm³/mol. The van der Waals surface area contributed by atoms with Gasteiger partial charge in [0.2, 0.25) is 11.8 Å². The highest BCUT2D eigenvalue weighted by Crippen LogP contribution is 2.31. The van der Waals surface area contributed by atoms with Crippen molar-refractivity contribution in [2.45, 2.75) is 30.1 Å². The molecule has 1 aliphatic rings. The van der Waals surface area contributed by atoms with E-state index in [1.165, 1.54) is 35.5 Å². The highest BCUT2D eigenvalue weighted by Gasteiger charge is 2.26. The topological polar surface area (TPSA) is 115 Å². The van der Waals surface area contributed by atoms with E-state index in [4.69, 9.17) is 10.5 Å². The Kier molecular flexibility index (Phi) is 8.27. The Morgan fingerprint density at radius 1 is 1.17 bits per heavy atom. The van der Waals surface area contributed by atoms with Crippen LogP contribution in [-0.4, -0.2) is 54.1 Å². The van der Waals surface area contributed by atoms with Crippen LogP contribution in [0.25, 0.3) is 0 Å². The average molecular weight is 525 g/mol. The lowest BCUT2D eigenvalue weighted by molar-refractivity contribution is -0.131. The fourth-order valence-corrected chi connectivity index (χ4v) is 5.51. The SMILES string of the molecule is COc1ccc(C(N)=O)cc1NC(=O)c1csc(C2CCN(C(=O)Cc3ccc(SC)cc3)CC2)n1. The van der Waals surface area contributed by atoms with Gasteiger partial charge in [0.05, 0.1) is 24.2 Å². The second-order valence-electron chi connectivity index (χ2n) is 8.48. The van der Waals surface area contributed by atoms with Crippen LogP contribution in [0.4, 0.5) is 5.69 Å². The van der Waals surface area contributed by atoms with Crippen LogP contribution < -0.4 is 15.8 Å². The number of thioether (sulfide) groups is 1. The predicted octanol–water partition coefficient (Wildman–Crippen LogP) is 4.17. The number of likely N-dealkylation sites (tertiary alicyclic amines) is 1. The number of nitrogens with two attached hydrogens (primary N) is 1. The number of hydrogen-bond acceptors (Lipinski definition) is 7. The van der Waals surface area contributed by atoms with Crippen LogP contribution in [-0.2, 0) is 11.2 Å². The zero-order valence-corrected chi connectivity index (χ0v) is 21.8. The lowest BCUT2D eigenvalue weighted by atomic mass is 9.97. The summed E-state index contributed by atoms with van der Waals surface area (Å²) >= 11 is 3.13. The number of benzene rings is 2. The van der Waals surface area contributed by atoms with Crippen LogP contribution >= 0.6 is 23.1 Å². The number of hydrogen-bond donors (Lipinski definition) is 2. The van der Waals surface area contributed by atoms with E-state index >= 15 is 0 Å². The molecule has 4 rings (SSSR count). The van der Waals surface area contributed by atoms with E-state index < -0.39 is 11.8 Å². The number of nitrogens with one attached hydrogen (secondary N) is 1. The summed E-state index contributed by atoms with van der Waals surface area (Å²) in [6.07, 6.45) is 4.05. The van der Waals surface area contributed by atoms with Gasteiger partial charge in [-0.1, -0.05) is 12.1 Å². The van der Waals surface area contributed by atoms with E-state index in [1.54, 1.807) is 23.2 Å². The number of anilines is 1. The van der Waals surface area contributed by atoms with Gasteiger partial charge >= 0.3 is 0 Å². The van der Waals surface area contributed by atoms with Gasteiger partial charge in [0.25, 0.3) is 5.91 Å². The Morgan fingerprint density at radius 2 is 1.89 bits per heavy atom. The zero-order chi connectivity index (χ0) is 25.7. The second kappa shape index (κ2) is 11.6. The Balaban J connectivity index is 1.34. The van der Waals surface area contributed by atoms with Gasteiger partial charge in [0.15, 0.2) is 0 Å². The number of thiazole rings is 1. The molecule has 1 aliphatic heterocycles. The second-order valence-corrected chi connectivity index (χ2v) is 10.3. The molecule has 0 radical (unpaired) electrons. The van der Waals surface area contributed by atoms with Crippen LogP contribution in [0.15, 0.2) is 52.7 Å². The quantitative estimate of drug-likeness (QED) is 0.428. The number of primary amides is 1. The summed E-state index contributed by atoms with van der Waals surface area (Å²) in [5.74, 6) is -0.230. The number of amides is 3. The molecule has 0 aliphatic carbocycles. The van der Waals surface area contributed by atoms with E-state index in [2.05, 4.69) is 10.3 Å². The molecule has 0 saturated carbocycles. The number of carbonyl (C=O) groups is 3. The van der Waals surface area contributed by atoms with Crippen LogP contribution in [0.1, 0.15) is 50.2 Å². The molecule has 3 amide bonds. The molecule has 1 saturated heterocycles. The summed E-state index contributed by atoms with van der Waals surface area (Å²) < 4.78 is 5.28. The maximum absolute atomic E-state index is 12.8. The Labute approximate surface area is 218 Å². The van der Waals surface area contributed by atoms with Crippen molar-refractivity contribution in [3.63, 3.8) is 0 Å². The van der Waals surface area contributed by atoms with Crippen LogP contribution in [0.5, 0.6) is 5.75 Å². The Hall–Kier alpha value is -3.37. The first-order valence-electron chi connectivity index (χ1n) is 11.5. The third-order valence-electron chi connectivity index (χ3n) is 6.20. The monoisotopic (exact) mass is 524 g/mol. The molecule has 0 unspecified atom stereocenters. The summed E-state index contributed by atoms with van der Waals surface area (Å²) in [6, 6.07) is 12.7. The van der Waals surface area contributed by atoms with Crippen molar-refractivity contribution in [3.8, 4) is 5.75 Å². The maximum atomic E-state index is 12.8. The summed E-state index contributed by atoms with van der Waals surface area (Å²) in [5.41, 5.74) is 7.29. The van der Waals surface area contributed by atoms with E-state index in [-0.39, 0.29) is 17.4 Å². The molecule has 10 heteroatoms. The van der Waals surface area contributed by atoms with Crippen LogP contribution in [0.3, 0.4) is 0 Å². The van der Waals surface area contributed by atoms with Gasteiger partial charge in [-0.05, 0) is 55.0 Å². The number of aromatic nitrogens is 1. The lowest BCUT2D eigenvalue weighted by Gasteiger charge is -2.31. The Bertz CT molecular complexity index is 1250. The van der Waals surface area contributed by atoms with Gasteiger partial charge in [-0.25, -0.2) is 4.98 Å². The molecule has 1 fully saturated rings. The summed E-state index contributed by atoms with van der Waals surface area (Å²) in [4.78, 5) is 44.8. The average Bonchev–Trinajstić information content (AvgIpc) is 3.40. The van der Waals surface area contributed by atoms with Crippen molar-refractivity contribution in [2.75, 3.05) is 31.8 Å².